The van der Waals surface area contributed by atoms with Crippen LogP contribution >= 0.6 is 0 Å². The third-order valence-electron chi connectivity index (χ3n) is 5.88. The Hall–Kier alpha value is -3.35. The van der Waals surface area contributed by atoms with E-state index in [1.165, 1.54) is 5.56 Å². The number of aryl methyl sites for hydroxylation is 1. The number of amides is 1. The summed E-state index contributed by atoms with van der Waals surface area (Å²) in [5.74, 6) is 2.29. The zero-order valence-electron chi connectivity index (χ0n) is 18.1. The highest BCUT2D eigenvalue weighted by molar-refractivity contribution is 5.91. The van der Waals surface area contributed by atoms with Crippen LogP contribution in [0.1, 0.15) is 37.1 Å². The van der Waals surface area contributed by atoms with Gasteiger partial charge in [-0.25, -0.2) is 0 Å². The molecule has 1 aliphatic heterocycles. The van der Waals surface area contributed by atoms with Crippen molar-refractivity contribution in [1.29, 1.82) is 0 Å². The summed E-state index contributed by atoms with van der Waals surface area (Å²) in [6.07, 6.45) is 4.19. The molecule has 0 aliphatic carbocycles. The standard InChI is InChI=1S/C24H29N5O2/c1-3-28(21-8-5-9-22(15-21)31-2)13-12-24(30)26-20-7-4-6-18(14-20)19-10-11-23-27-25-17-29(23)16-19/h4-9,14-15,17,19H,3,10-13,16H2,1-2H3,(H,26,30)/t19-/m1/s1. The normalized spacial score (nSPS) is 15.2. The van der Waals surface area contributed by atoms with Crippen molar-refractivity contribution in [3.63, 3.8) is 0 Å². The third-order valence-corrected chi connectivity index (χ3v) is 5.88. The van der Waals surface area contributed by atoms with Gasteiger partial charge in [-0.05, 0) is 43.2 Å². The molecule has 0 unspecified atom stereocenters. The molecule has 31 heavy (non-hydrogen) atoms. The van der Waals surface area contributed by atoms with Crippen LogP contribution < -0.4 is 15.0 Å². The number of anilines is 2. The van der Waals surface area contributed by atoms with E-state index >= 15 is 0 Å². The number of nitrogens with zero attached hydrogens (tertiary/aromatic N) is 4. The molecule has 2 heterocycles. The second-order valence-corrected chi connectivity index (χ2v) is 7.84. The van der Waals surface area contributed by atoms with Gasteiger partial charge < -0.3 is 19.5 Å². The van der Waals surface area contributed by atoms with Crippen LogP contribution in [-0.2, 0) is 17.8 Å². The maximum Gasteiger partial charge on any atom is 0.226 e. The molecule has 1 atom stereocenters. The van der Waals surface area contributed by atoms with Crippen molar-refractivity contribution in [2.75, 3.05) is 30.4 Å². The van der Waals surface area contributed by atoms with E-state index in [0.29, 0.717) is 18.9 Å². The first-order valence-corrected chi connectivity index (χ1v) is 10.8. The molecule has 162 valence electrons. The minimum atomic E-state index is 0.0169. The number of methoxy groups -OCH3 is 1. The second kappa shape index (κ2) is 9.64. The Morgan fingerprint density at radius 1 is 1.26 bits per heavy atom. The minimum absolute atomic E-state index is 0.0169. The quantitative estimate of drug-likeness (QED) is 0.600. The first-order valence-electron chi connectivity index (χ1n) is 10.8. The summed E-state index contributed by atoms with van der Waals surface area (Å²) in [5.41, 5.74) is 3.15. The summed E-state index contributed by atoms with van der Waals surface area (Å²) >= 11 is 0. The van der Waals surface area contributed by atoms with E-state index in [1.54, 1.807) is 13.4 Å². The number of hydrogen-bond donors (Lipinski definition) is 1. The summed E-state index contributed by atoms with van der Waals surface area (Å²) in [4.78, 5) is 14.8. The Kier molecular flexibility index (Phi) is 6.50. The molecule has 0 radical (unpaired) electrons. The first-order chi connectivity index (χ1) is 15.2. The van der Waals surface area contributed by atoms with Crippen molar-refractivity contribution in [2.24, 2.45) is 0 Å². The van der Waals surface area contributed by atoms with Gasteiger partial charge in [-0.2, -0.15) is 0 Å². The van der Waals surface area contributed by atoms with E-state index in [1.807, 2.05) is 36.4 Å². The smallest absolute Gasteiger partial charge is 0.226 e. The Bertz CT molecular complexity index is 1030. The number of aromatic nitrogens is 3. The molecular weight excluding hydrogens is 390 g/mol. The Morgan fingerprint density at radius 2 is 2.13 bits per heavy atom. The highest BCUT2D eigenvalue weighted by atomic mass is 16.5. The molecule has 1 aromatic heterocycles. The van der Waals surface area contributed by atoms with E-state index < -0.39 is 0 Å². The van der Waals surface area contributed by atoms with Crippen LogP contribution in [0.5, 0.6) is 5.75 Å². The predicted octanol–water partition coefficient (Wildman–Crippen LogP) is 3.87. The van der Waals surface area contributed by atoms with Crippen molar-refractivity contribution in [3.05, 3.63) is 66.2 Å². The summed E-state index contributed by atoms with van der Waals surface area (Å²) < 4.78 is 7.44. The molecule has 2 aromatic carbocycles. The largest absolute Gasteiger partial charge is 0.497 e. The summed E-state index contributed by atoms with van der Waals surface area (Å²) in [6, 6.07) is 16.1. The first kappa shape index (κ1) is 20.9. The van der Waals surface area contributed by atoms with Crippen molar-refractivity contribution < 1.29 is 9.53 Å². The van der Waals surface area contributed by atoms with Gasteiger partial charge >= 0.3 is 0 Å². The molecule has 1 N–H and O–H groups in total. The molecule has 4 rings (SSSR count). The van der Waals surface area contributed by atoms with Crippen LogP contribution in [0.15, 0.2) is 54.9 Å². The van der Waals surface area contributed by atoms with Crippen LogP contribution in [0.4, 0.5) is 11.4 Å². The van der Waals surface area contributed by atoms with E-state index in [0.717, 1.165) is 48.9 Å². The molecule has 0 saturated carbocycles. The zero-order valence-corrected chi connectivity index (χ0v) is 18.1. The van der Waals surface area contributed by atoms with Crippen LogP contribution in [0.25, 0.3) is 0 Å². The molecule has 0 saturated heterocycles. The number of hydrogen-bond acceptors (Lipinski definition) is 5. The van der Waals surface area contributed by atoms with E-state index in [9.17, 15) is 4.79 Å². The Labute approximate surface area is 183 Å². The van der Waals surface area contributed by atoms with Gasteiger partial charge in [0.25, 0.3) is 0 Å². The van der Waals surface area contributed by atoms with Crippen LogP contribution in [0, 0.1) is 0 Å². The molecule has 7 nitrogen and oxygen atoms in total. The van der Waals surface area contributed by atoms with Crippen molar-refractivity contribution in [3.8, 4) is 5.75 Å². The van der Waals surface area contributed by atoms with Gasteiger partial charge in [0, 0.05) is 55.8 Å². The molecular formula is C24H29N5O2. The minimum Gasteiger partial charge on any atom is -0.497 e. The van der Waals surface area contributed by atoms with E-state index in [4.69, 9.17) is 4.74 Å². The Morgan fingerprint density at radius 3 is 2.97 bits per heavy atom. The lowest BCUT2D eigenvalue weighted by molar-refractivity contribution is -0.116. The molecule has 0 fully saturated rings. The number of rotatable bonds is 8. The van der Waals surface area contributed by atoms with Gasteiger partial charge in [-0.15, -0.1) is 10.2 Å². The zero-order chi connectivity index (χ0) is 21.6. The maximum absolute atomic E-state index is 12.6. The second-order valence-electron chi connectivity index (χ2n) is 7.84. The summed E-state index contributed by atoms with van der Waals surface area (Å²) in [6.45, 7) is 4.44. The number of benzene rings is 2. The average Bonchev–Trinajstić information content (AvgIpc) is 3.28. The molecule has 0 spiro atoms. The summed E-state index contributed by atoms with van der Waals surface area (Å²) in [5, 5.41) is 11.2. The monoisotopic (exact) mass is 419 g/mol. The van der Waals surface area contributed by atoms with E-state index in [2.05, 4.69) is 44.0 Å². The number of carbonyl (C=O) groups is 1. The van der Waals surface area contributed by atoms with Crippen molar-refractivity contribution in [2.45, 2.75) is 38.6 Å². The number of ether oxygens (including phenoxy) is 1. The lowest BCUT2D eigenvalue weighted by atomic mass is 9.91. The van der Waals surface area contributed by atoms with Crippen LogP contribution in [0.2, 0.25) is 0 Å². The van der Waals surface area contributed by atoms with Gasteiger partial charge in [0.1, 0.15) is 17.9 Å². The molecule has 1 amide bonds. The molecule has 0 bridgehead atoms. The van der Waals surface area contributed by atoms with Gasteiger partial charge in [0.15, 0.2) is 0 Å². The number of nitrogens with one attached hydrogen (secondary N) is 1. The fourth-order valence-electron chi connectivity index (χ4n) is 4.14. The fourth-order valence-corrected chi connectivity index (χ4v) is 4.14. The number of fused-ring (bicyclic) bond motifs is 1. The van der Waals surface area contributed by atoms with Gasteiger partial charge in [0.2, 0.25) is 5.91 Å². The Balaban J connectivity index is 1.35. The van der Waals surface area contributed by atoms with Gasteiger partial charge in [-0.1, -0.05) is 18.2 Å². The van der Waals surface area contributed by atoms with Crippen molar-refractivity contribution >= 4 is 17.3 Å². The van der Waals surface area contributed by atoms with Crippen molar-refractivity contribution in [1.82, 2.24) is 14.8 Å². The molecule has 7 heteroatoms. The lowest BCUT2D eigenvalue weighted by Crippen LogP contribution is -2.27. The van der Waals surface area contributed by atoms with E-state index in [-0.39, 0.29) is 5.91 Å². The summed E-state index contributed by atoms with van der Waals surface area (Å²) in [7, 11) is 1.66. The van der Waals surface area contributed by atoms with Crippen LogP contribution in [-0.4, -0.2) is 40.9 Å². The number of carbonyl (C=O) groups excluding carboxylic acids is 1. The topological polar surface area (TPSA) is 72.3 Å². The maximum atomic E-state index is 12.6. The SMILES string of the molecule is CCN(CCC(=O)Nc1cccc([C@@H]2CCc3nncn3C2)c1)c1cccc(OC)c1. The van der Waals surface area contributed by atoms with Gasteiger partial charge in [-0.3, -0.25) is 4.79 Å². The highest BCUT2D eigenvalue weighted by Gasteiger charge is 2.21. The highest BCUT2D eigenvalue weighted by Crippen LogP contribution is 2.29. The predicted molar refractivity (Wildman–Crippen MR) is 122 cm³/mol. The lowest BCUT2D eigenvalue weighted by Gasteiger charge is -2.24. The molecule has 3 aromatic rings. The third kappa shape index (κ3) is 5.05. The molecule has 1 aliphatic rings. The van der Waals surface area contributed by atoms with Crippen LogP contribution in [0.3, 0.4) is 0 Å². The average molecular weight is 420 g/mol. The fraction of sp³-hybridized carbons (Fsp3) is 0.375. The van der Waals surface area contributed by atoms with Gasteiger partial charge in [0.05, 0.1) is 7.11 Å².